The molecule has 2 heteroatoms. The van der Waals surface area contributed by atoms with Crippen LogP contribution in [0, 0.1) is 6.42 Å². The summed E-state index contributed by atoms with van der Waals surface area (Å²) in [7, 11) is 5.84. The molecule has 0 atom stereocenters. The number of rotatable bonds is 5. The van der Waals surface area contributed by atoms with Crippen LogP contribution >= 0.6 is 0 Å². The second-order valence-corrected chi connectivity index (χ2v) is 2.33. The van der Waals surface area contributed by atoms with Crippen LogP contribution in [-0.2, 0) is 4.74 Å². The summed E-state index contributed by atoms with van der Waals surface area (Å²) in [6.45, 7) is 1.89. The molecular formula is C7H16NO. The fourth-order valence-electron chi connectivity index (χ4n) is 0.551. The Morgan fingerprint density at radius 1 is 1.44 bits per heavy atom. The lowest BCUT2D eigenvalue weighted by molar-refractivity contribution is 0.199. The van der Waals surface area contributed by atoms with Crippen LogP contribution in [0.25, 0.3) is 0 Å². The van der Waals surface area contributed by atoms with Crippen molar-refractivity contribution in [3.05, 3.63) is 6.42 Å². The lowest BCUT2D eigenvalue weighted by Gasteiger charge is -2.07. The first-order valence-electron chi connectivity index (χ1n) is 3.22. The van der Waals surface area contributed by atoms with Crippen LogP contribution in [0.3, 0.4) is 0 Å². The highest BCUT2D eigenvalue weighted by Gasteiger charge is 1.89. The van der Waals surface area contributed by atoms with Gasteiger partial charge in [0.1, 0.15) is 0 Å². The van der Waals surface area contributed by atoms with Crippen molar-refractivity contribution in [2.24, 2.45) is 0 Å². The smallest absolute Gasteiger partial charge is 0.0465 e. The summed E-state index contributed by atoms with van der Waals surface area (Å²) in [5, 5.41) is 0. The summed E-state index contributed by atoms with van der Waals surface area (Å²) in [5.41, 5.74) is 0. The van der Waals surface area contributed by atoms with Crippen LogP contribution in [0.15, 0.2) is 0 Å². The third-order valence-electron chi connectivity index (χ3n) is 1.02. The number of methoxy groups -OCH3 is 1. The Morgan fingerprint density at radius 3 is 2.56 bits per heavy atom. The van der Waals surface area contributed by atoms with E-state index in [9.17, 15) is 0 Å². The average Bonchev–Trinajstić information content (AvgIpc) is 1.80. The van der Waals surface area contributed by atoms with Crippen LogP contribution in [0.2, 0.25) is 0 Å². The quantitative estimate of drug-likeness (QED) is 0.510. The summed E-state index contributed by atoms with van der Waals surface area (Å²) in [4.78, 5) is 2.13. The molecule has 0 saturated heterocycles. The van der Waals surface area contributed by atoms with Gasteiger partial charge < -0.3 is 9.64 Å². The van der Waals surface area contributed by atoms with Gasteiger partial charge in [0.2, 0.25) is 0 Å². The van der Waals surface area contributed by atoms with Crippen molar-refractivity contribution >= 4 is 0 Å². The molecule has 9 heavy (non-hydrogen) atoms. The molecule has 0 heterocycles. The molecule has 2 nitrogen and oxygen atoms in total. The summed E-state index contributed by atoms with van der Waals surface area (Å²) >= 11 is 0. The van der Waals surface area contributed by atoms with Crippen molar-refractivity contribution < 1.29 is 4.74 Å². The summed E-state index contributed by atoms with van der Waals surface area (Å²) in [5.74, 6) is 0. The van der Waals surface area contributed by atoms with Gasteiger partial charge >= 0.3 is 0 Å². The number of hydrogen-bond acceptors (Lipinski definition) is 2. The summed E-state index contributed by atoms with van der Waals surface area (Å²) in [6.07, 6.45) is 3.26. The number of hydrogen-bond donors (Lipinski definition) is 0. The van der Waals surface area contributed by atoms with Gasteiger partial charge in [-0.2, -0.15) is 0 Å². The molecule has 0 N–H and O–H groups in total. The predicted molar refractivity (Wildman–Crippen MR) is 39.3 cm³/mol. The highest BCUT2D eigenvalue weighted by atomic mass is 16.5. The topological polar surface area (TPSA) is 12.5 Å². The van der Waals surface area contributed by atoms with E-state index in [1.807, 2.05) is 0 Å². The van der Waals surface area contributed by atoms with Gasteiger partial charge in [-0.15, -0.1) is 0 Å². The summed E-state index contributed by atoms with van der Waals surface area (Å²) < 4.78 is 4.87. The predicted octanol–water partition coefficient (Wildman–Crippen LogP) is 0.789. The molecule has 0 rings (SSSR count). The molecule has 0 spiro atoms. The lowest BCUT2D eigenvalue weighted by atomic mass is 10.3. The van der Waals surface area contributed by atoms with Gasteiger partial charge in [-0.3, -0.25) is 0 Å². The number of unbranched alkanes of at least 4 members (excludes halogenated alkanes) is 1. The Kier molecular flexibility index (Phi) is 5.99. The van der Waals surface area contributed by atoms with E-state index in [-0.39, 0.29) is 0 Å². The van der Waals surface area contributed by atoms with Crippen LogP contribution in [0.1, 0.15) is 6.42 Å². The molecule has 0 amide bonds. The highest BCUT2D eigenvalue weighted by molar-refractivity contribution is 4.66. The fourth-order valence-corrected chi connectivity index (χ4v) is 0.551. The Morgan fingerprint density at radius 2 is 2.11 bits per heavy atom. The van der Waals surface area contributed by atoms with Gasteiger partial charge in [-0.1, -0.05) is 0 Å². The zero-order chi connectivity index (χ0) is 7.11. The van der Waals surface area contributed by atoms with E-state index in [4.69, 9.17) is 4.74 Å². The summed E-state index contributed by atoms with van der Waals surface area (Å²) in [6, 6.07) is 0. The third-order valence-corrected chi connectivity index (χ3v) is 1.02. The monoisotopic (exact) mass is 130 g/mol. The Labute approximate surface area is 57.8 Å². The normalized spacial score (nSPS) is 10.7. The second-order valence-electron chi connectivity index (χ2n) is 2.33. The van der Waals surface area contributed by atoms with Crippen molar-refractivity contribution in [2.75, 3.05) is 34.4 Å². The first kappa shape index (κ1) is 8.92. The van der Waals surface area contributed by atoms with E-state index >= 15 is 0 Å². The third kappa shape index (κ3) is 7.92. The van der Waals surface area contributed by atoms with Gasteiger partial charge in [-0.05, 0) is 26.9 Å². The molecule has 0 fully saturated rings. The number of ether oxygens (including phenoxy) is 1. The molecule has 0 aromatic carbocycles. The fraction of sp³-hybridized carbons (Fsp3) is 0.857. The molecular weight excluding hydrogens is 114 g/mol. The van der Waals surface area contributed by atoms with Gasteiger partial charge in [0.15, 0.2) is 0 Å². The second kappa shape index (κ2) is 6.05. The average molecular weight is 130 g/mol. The van der Waals surface area contributed by atoms with Gasteiger partial charge in [0.05, 0.1) is 0 Å². The molecule has 0 aromatic rings. The van der Waals surface area contributed by atoms with Gasteiger partial charge in [0.25, 0.3) is 0 Å². The van der Waals surface area contributed by atoms with Crippen molar-refractivity contribution in [3.8, 4) is 0 Å². The van der Waals surface area contributed by atoms with Crippen LogP contribution in [0.5, 0.6) is 0 Å². The Hall–Kier alpha value is -0.0800. The maximum atomic E-state index is 4.87. The molecule has 0 bridgehead atoms. The van der Waals surface area contributed by atoms with Crippen LogP contribution < -0.4 is 0 Å². The van der Waals surface area contributed by atoms with E-state index in [1.165, 1.54) is 0 Å². The zero-order valence-electron chi connectivity index (χ0n) is 6.55. The van der Waals surface area contributed by atoms with Crippen molar-refractivity contribution in [1.82, 2.24) is 4.90 Å². The highest BCUT2D eigenvalue weighted by Crippen LogP contribution is 1.88. The van der Waals surface area contributed by atoms with E-state index < -0.39 is 0 Å². The zero-order valence-corrected chi connectivity index (χ0v) is 6.55. The standard InChI is InChI=1S/C7H16NO/c1-8(2)6-4-5-7-9-3/h4H,5-7H2,1-3H3. The molecule has 0 aliphatic heterocycles. The minimum atomic E-state index is 0.841. The first-order chi connectivity index (χ1) is 4.27. The van der Waals surface area contributed by atoms with E-state index in [1.54, 1.807) is 7.11 Å². The lowest BCUT2D eigenvalue weighted by Crippen LogP contribution is -2.13. The van der Waals surface area contributed by atoms with E-state index in [0.717, 1.165) is 19.6 Å². The maximum Gasteiger partial charge on any atom is 0.0465 e. The molecule has 0 saturated carbocycles. The number of nitrogens with zero attached hydrogens (tertiary/aromatic N) is 1. The van der Waals surface area contributed by atoms with Gasteiger partial charge in [-0.25, -0.2) is 0 Å². The Bertz CT molecular complexity index is 54.9. The molecule has 55 valence electrons. The van der Waals surface area contributed by atoms with Gasteiger partial charge in [0, 0.05) is 20.3 Å². The minimum Gasteiger partial charge on any atom is -0.385 e. The van der Waals surface area contributed by atoms with Crippen molar-refractivity contribution in [2.45, 2.75) is 6.42 Å². The SMILES string of the molecule is COCC[CH]CN(C)C. The minimum absolute atomic E-state index is 0.841. The molecule has 1 radical (unpaired) electrons. The molecule has 0 unspecified atom stereocenters. The Balaban J connectivity index is 2.75. The maximum absolute atomic E-state index is 4.87. The molecule has 0 aliphatic rings. The van der Waals surface area contributed by atoms with E-state index in [2.05, 4.69) is 25.4 Å². The van der Waals surface area contributed by atoms with Crippen molar-refractivity contribution in [3.63, 3.8) is 0 Å². The van der Waals surface area contributed by atoms with Crippen LogP contribution in [-0.4, -0.2) is 39.3 Å². The van der Waals surface area contributed by atoms with E-state index in [0.29, 0.717) is 0 Å². The largest absolute Gasteiger partial charge is 0.385 e. The van der Waals surface area contributed by atoms with Crippen molar-refractivity contribution in [1.29, 1.82) is 0 Å². The molecule has 0 aliphatic carbocycles. The molecule has 0 aromatic heterocycles. The van der Waals surface area contributed by atoms with Crippen LogP contribution in [0.4, 0.5) is 0 Å². The first-order valence-corrected chi connectivity index (χ1v) is 3.22.